The number of likely N-dealkylation sites (N-methyl/N-ethyl adjacent to an activating group) is 2. The Kier molecular flexibility index (Phi) is 5.76. The van der Waals surface area contributed by atoms with E-state index in [9.17, 15) is 9.18 Å². The van der Waals surface area contributed by atoms with Crippen molar-refractivity contribution in [3.05, 3.63) is 29.6 Å². The first-order chi connectivity index (χ1) is 8.99. The first kappa shape index (κ1) is 15.4. The number of benzene rings is 1. The van der Waals surface area contributed by atoms with Gasteiger partial charge in [-0.2, -0.15) is 0 Å². The molecule has 0 fully saturated rings. The average molecular weight is 267 g/mol. The topological polar surface area (TPSA) is 35.6 Å². The van der Waals surface area contributed by atoms with Crippen LogP contribution in [0.15, 0.2) is 18.2 Å². The number of hydrogen-bond donors (Lipinski definition) is 1. The maximum Gasteiger partial charge on any atom is 0.241 e. The molecular weight excluding hydrogens is 245 g/mol. The summed E-state index contributed by atoms with van der Waals surface area (Å²) in [7, 11) is 5.28. The number of nitrogens with one attached hydrogen (secondary N) is 1. The van der Waals surface area contributed by atoms with Crippen molar-refractivity contribution in [1.82, 2.24) is 10.2 Å². The number of carbonyl (C=O) groups excluding carboxylic acids is 1. The summed E-state index contributed by atoms with van der Waals surface area (Å²) < 4.78 is 13.3. The van der Waals surface area contributed by atoms with E-state index in [4.69, 9.17) is 0 Å². The minimum absolute atomic E-state index is 0.0292. The zero-order valence-corrected chi connectivity index (χ0v) is 12.0. The molecule has 0 aliphatic rings. The van der Waals surface area contributed by atoms with Gasteiger partial charge in [-0.3, -0.25) is 4.79 Å². The maximum absolute atomic E-state index is 13.3. The molecule has 1 N–H and O–H groups in total. The van der Waals surface area contributed by atoms with E-state index < -0.39 is 0 Å². The van der Waals surface area contributed by atoms with Crippen LogP contribution in [0.3, 0.4) is 0 Å². The van der Waals surface area contributed by atoms with Crippen LogP contribution in [0.2, 0.25) is 0 Å². The van der Waals surface area contributed by atoms with E-state index >= 15 is 0 Å². The second kappa shape index (κ2) is 7.09. The lowest BCUT2D eigenvalue weighted by atomic mass is 10.1. The van der Waals surface area contributed by atoms with Crippen LogP contribution in [0, 0.1) is 5.82 Å². The van der Waals surface area contributed by atoms with E-state index in [-0.39, 0.29) is 11.7 Å². The van der Waals surface area contributed by atoms with E-state index in [0.717, 1.165) is 11.3 Å². The molecule has 0 atom stereocenters. The van der Waals surface area contributed by atoms with Crippen molar-refractivity contribution in [2.45, 2.75) is 13.5 Å². The summed E-state index contributed by atoms with van der Waals surface area (Å²) in [6.45, 7) is 3.54. The first-order valence-corrected chi connectivity index (χ1v) is 6.37. The van der Waals surface area contributed by atoms with Crippen LogP contribution in [0.25, 0.3) is 0 Å². The molecule has 0 spiro atoms. The molecule has 1 aromatic carbocycles. The van der Waals surface area contributed by atoms with Gasteiger partial charge >= 0.3 is 0 Å². The Bertz CT molecular complexity index is 435. The van der Waals surface area contributed by atoms with Crippen molar-refractivity contribution in [3.63, 3.8) is 0 Å². The molecule has 4 nitrogen and oxygen atoms in total. The summed E-state index contributed by atoms with van der Waals surface area (Å²) in [5, 5.41) is 3.02. The Hall–Kier alpha value is -1.62. The molecule has 106 valence electrons. The standard InChI is InChI=1S/C14H22FN3O/c1-5-18(10-14(19)17(3)4)13-7-6-12(15)8-11(13)9-16-2/h6-8,16H,5,9-10H2,1-4H3. The predicted molar refractivity (Wildman–Crippen MR) is 75.7 cm³/mol. The number of carbonyl (C=O) groups is 1. The van der Waals surface area contributed by atoms with Gasteiger partial charge in [-0.05, 0) is 37.7 Å². The number of hydrogen-bond acceptors (Lipinski definition) is 3. The van der Waals surface area contributed by atoms with E-state index in [0.29, 0.717) is 19.6 Å². The van der Waals surface area contributed by atoms with Gasteiger partial charge in [-0.1, -0.05) is 0 Å². The third kappa shape index (κ3) is 4.21. The Balaban J connectivity index is 3.00. The van der Waals surface area contributed by atoms with Crippen LogP contribution in [-0.2, 0) is 11.3 Å². The summed E-state index contributed by atoms with van der Waals surface area (Å²) in [5.74, 6) is -0.231. The van der Waals surface area contributed by atoms with Crippen LogP contribution < -0.4 is 10.2 Å². The van der Waals surface area contributed by atoms with Gasteiger partial charge in [0, 0.05) is 32.9 Å². The van der Waals surface area contributed by atoms with Crippen molar-refractivity contribution in [2.75, 3.05) is 39.1 Å². The fourth-order valence-corrected chi connectivity index (χ4v) is 1.87. The van der Waals surface area contributed by atoms with Crippen LogP contribution in [-0.4, -0.2) is 45.0 Å². The first-order valence-electron chi connectivity index (χ1n) is 6.37. The molecule has 0 aromatic heterocycles. The molecule has 0 aliphatic carbocycles. The van der Waals surface area contributed by atoms with Gasteiger partial charge in [0.05, 0.1) is 6.54 Å². The van der Waals surface area contributed by atoms with E-state index in [2.05, 4.69) is 5.32 Å². The predicted octanol–water partition coefficient (Wildman–Crippen LogP) is 1.46. The van der Waals surface area contributed by atoms with Gasteiger partial charge in [0.25, 0.3) is 0 Å². The summed E-state index contributed by atoms with van der Waals surface area (Å²) in [6, 6.07) is 4.67. The molecule has 1 amide bonds. The quantitative estimate of drug-likeness (QED) is 0.847. The van der Waals surface area contributed by atoms with Gasteiger partial charge < -0.3 is 15.1 Å². The van der Waals surface area contributed by atoms with Gasteiger partial charge in [0.2, 0.25) is 5.91 Å². The van der Waals surface area contributed by atoms with E-state index in [1.807, 2.05) is 18.9 Å². The van der Waals surface area contributed by atoms with Crippen LogP contribution in [0.5, 0.6) is 0 Å². The fraction of sp³-hybridized carbons (Fsp3) is 0.500. The minimum atomic E-state index is -0.260. The van der Waals surface area contributed by atoms with Gasteiger partial charge in [-0.15, -0.1) is 0 Å². The minimum Gasteiger partial charge on any atom is -0.362 e. The van der Waals surface area contributed by atoms with Crippen LogP contribution in [0.1, 0.15) is 12.5 Å². The number of rotatable bonds is 6. The highest BCUT2D eigenvalue weighted by Crippen LogP contribution is 2.21. The van der Waals surface area contributed by atoms with Crippen molar-refractivity contribution < 1.29 is 9.18 Å². The van der Waals surface area contributed by atoms with E-state index in [1.54, 1.807) is 25.1 Å². The molecule has 0 saturated carbocycles. The van der Waals surface area contributed by atoms with Crippen LogP contribution >= 0.6 is 0 Å². The Morgan fingerprint density at radius 2 is 2.05 bits per heavy atom. The fourth-order valence-electron chi connectivity index (χ4n) is 1.87. The van der Waals surface area contributed by atoms with Crippen molar-refractivity contribution >= 4 is 11.6 Å². The van der Waals surface area contributed by atoms with Crippen molar-refractivity contribution in [3.8, 4) is 0 Å². The monoisotopic (exact) mass is 267 g/mol. The largest absolute Gasteiger partial charge is 0.362 e. The summed E-state index contributed by atoms with van der Waals surface area (Å²) in [5.41, 5.74) is 1.75. The van der Waals surface area contributed by atoms with Crippen molar-refractivity contribution in [1.29, 1.82) is 0 Å². The second-order valence-electron chi connectivity index (χ2n) is 4.61. The number of halogens is 1. The lowest BCUT2D eigenvalue weighted by molar-refractivity contribution is -0.127. The Labute approximate surface area is 114 Å². The highest BCUT2D eigenvalue weighted by Gasteiger charge is 2.15. The molecular formula is C14H22FN3O. The normalized spacial score (nSPS) is 10.4. The maximum atomic E-state index is 13.3. The van der Waals surface area contributed by atoms with Gasteiger partial charge in [0.15, 0.2) is 0 Å². The lowest BCUT2D eigenvalue weighted by Crippen LogP contribution is -2.37. The molecule has 19 heavy (non-hydrogen) atoms. The molecule has 0 aliphatic heterocycles. The molecule has 0 bridgehead atoms. The highest BCUT2D eigenvalue weighted by atomic mass is 19.1. The SMILES string of the molecule is CCN(CC(=O)N(C)C)c1ccc(F)cc1CNC. The highest BCUT2D eigenvalue weighted by molar-refractivity contribution is 5.81. The smallest absolute Gasteiger partial charge is 0.241 e. The van der Waals surface area contributed by atoms with E-state index in [1.165, 1.54) is 12.1 Å². The summed E-state index contributed by atoms with van der Waals surface area (Å²) >= 11 is 0. The summed E-state index contributed by atoms with van der Waals surface area (Å²) in [6.07, 6.45) is 0. The molecule has 0 heterocycles. The molecule has 0 saturated heterocycles. The van der Waals surface area contributed by atoms with Crippen molar-refractivity contribution in [2.24, 2.45) is 0 Å². The molecule has 5 heteroatoms. The third-order valence-electron chi connectivity index (χ3n) is 2.96. The Morgan fingerprint density at radius 1 is 1.37 bits per heavy atom. The summed E-state index contributed by atoms with van der Waals surface area (Å²) in [4.78, 5) is 15.3. The van der Waals surface area contributed by atoms with Crippen LogP contribution in [0.4, 0.5) is 10.1 Å². The molecule has 1 aromatic rings. The molecule has 0 radical (unpaired) electrons. The zero-order valence-electron chi connectivity index (χ0n) is 12.0. The number of amides is 1. The van der Waals surface area contributed by atoms with Gasteiger partial charge in [0.1, 0.15) is 5.82 Å². The molecule has 0 unspecified atom stereocenters. The average Bonchev–Trinajstić information content (AvgIpc) is 2.36. The second-order valence-corrected chi connectivity index (χ2v) is 4.61. The molecule has 1 rings (SSSR count). The van der Waals surface area contributed by atoms with Gasteiger partial charge in [-0.25, -0.2) is 4.39 Å². The number of nitrogens with zero attached hydrogens (tertiary/aromatic N) is 2. The lowest BCUT2D eigenvalue weighted by Gasteiger charge is -2.26. The zero-order chi connectivity index (χ0) is 14.4. The number of anilines is 1. The Morgan fingerprint density at radius 3 is 2.58 bits per heavy atom. The third-order valence-corrected chi connectivity index (χ3v) is 2.96.